The van der Waals surface area contributed by atoms with Crippen LogP contribution in [0.15, 0.2) is 53.4 Å². The van der Waals surface area contributed by atoms with Crippen molar-refractivity contribution in [3.05, 3.63) is 59.1 Å². The van der Waals surface area contributed by atoms with Crippen LogP contribution in [-0.2, 0) is 14.8 Å². The van der Waals surface area contributed by atoms with E-state index in [4.69, 9.17) is 11.6 Å². The molecule has 0 bridgehead atoms. The number of nitrogens with one attached hydrogen (secondary N) is 2. The lowest BCUT2D eigenvalue weighted by Crippen LogP contribution is -2.30. The van der Waals surface area contributed by atoms with Crippen molar-refractivity contribution >= 4 is 33.2 Å². The lowest BCUT2D eigenvalue weighted by molar-refractivity contribution is -0.115. The van der Waals surface area contributed by atoms with Gasteiger partial charge in [-0.3, -0.25) is 4.79 Å². The van der Waals surface area contributed by atoms with E-state index in [9.17, 15) is 13.2 Å². The van der Waals surface area contributed by atoms with E-state index in [1.54, 1.807) is 18.2 Å². The molecule has 0 saturated heterocycles. The van der Waals surface area contributed by atoms with Gasteiger partial charge in [0, 0.05) is 30.8 Å². The normalized spacial score (nSPS) is 12.8. The highest BCUT2D eigenvalue weighted by Crippen LogP contribution is 2.22. The number of amides is 1. The number of hydrogen-bond donors (Lipinski definition) is 2. The molecule has 0 radical (unpaired) electrons. The zero-order valence-electron chi connectivity index (χ0n) is 14.9. The number of sulfonamides is 1. The summed E-state index contributed by atoms with van der Waals surface area (Å²) in [6, 6.07) is 13.4. The summed E-state index contributed by atoms with van der Waals surface area (Å²) in [5.41, 5.74) is 1.44. The molecule has 6 nitrogen and oxygen atoms in total. The van der Waals surface area contributed by atoms with Crippen molar-refractivity contribution in [2.45, 2.75) is 17.9 Å². The van der Waals surface area contributed by atoms with Crippen LogP contribution in [0.5, 0.6) is 0 Å². The third kappa shape index (κ3) is 5.04. The molecule has 2 N–H and O–H groups in total. The van der Waals surface area contributed by atoms with Gasteiger partial charge in [0.05, 0.1) is 11.4 Å². The van der Waals surface area contributed by atoms with E-state index >= 15 is 0 Å². The van der Waals surface area contributed by atoms with E-state index in [2.05, 4.69) is 10.6 Å². The SMILES string of the molecule is C[C@@H](NCC(=O)Nc1ccc(S(=O)(=O)N(C)C)cc1)c1ccccc1Cl. The van der Waals surface area contributed by atoms with Gasteiger partial charge in [0.1, 0.15) is 0 Å². The van der Waals surface area contributed by atoms with Gasteiger partial charge in [-0.15, -0.1) is 0 Å². The molecule has 2 aromatic rings. The number of benzene rings is 2. The smallest absolute Gasteiger partial charge is 0.242 e. The molecule has 0 heterocycles. The minimum atomic E-state index is -3.48. The fraction of sp³-hybridized carbons (Fsp3) is 0.278. The highest BCUT2D eigenvalue weighted by molar-refractivity contribution is 7.89. The second-order valence-corrected chi connectivity index (χ2v) is 8.54. The van der Waals surface area contributed by atoms with Crippen LogP contribution >= 0.6 is 11.6 Å². The summed E-state index contributed by atoms with van der Waals surface area (Å²) >= 11 is 6.14. The summed E-state index contributed by atoms with van der Waals surface area (Å²) in [6.45, 7) is 2.03. The summed E-state index contributed by atoms with van der Waals surface area (Å²) in [6.07, 6.45) is 0. The summed E-state index contributed by atoms with van der Waals surface area (Å²) < 4.78 is 25.2. The number of hydrogen-bond acceptors (Lipinski definition) is 4. The Hall–Kier alpha value is -1.93. The molecule has 0 fully saturated rings. The van der Waals surface area contributed by atoms with Crippen LogP contribution in [0, 0.1) is 0 Å². The Morgan fingerprint density at radius 3 is 2.31 bits per heavy atom. The van der Waals surface area contributed by atoms with Gasteiger partial charge < -0.3 is 10.6 Å². The molecule has 0 aliphatic rings. The van der Waals surface area contributed by atoms with Crippen molar-refractivity contribution in [1.29, 1.82) is 0 Å². The van der Waals surface area contributed by atoms with E-state index in [0.717, 1.165) is 9.87 Å². The minimum absolute atomic E-state index is 0.0814. The highest BCUT2D eigenvalue weighted by atomic mass is 35.5. The maximum Gasteiger partial charge on any atom is 0.242 e. The van der Waals surface area contributed by atoms with Gasteiger partial charge in [-0.1, -0.05) is 29.8 Å². The van der Waals surface area contributed by atoms with Gasteiger partial charge in [-0.2, -0.15) is 0 Å². The van der Waals surface area contributed by atoms with Gasteiger partial charge >= 0.3 is 0 Å². The van der Waals surface area contributed by atoms with Crippen molar-refractivity contribution in [2.24, 2.45) is 0 Å². The molecule has 2 aromatic carbocycles. The van der Waals surface area contributed by atoms with E-state index in [-0.39, 0.29) is 23.4 Å². The maximum atomic E-state index is 12.1. The molecule has 0 aliphatic heterocycles. The molecule has 140 valence electrons. The third-order valence-electron chi connectivity index (χ3n) is 3.86. The second-order valence-electron chi connectivity index (χ2n) is 5.98. The fourth-order valence-corrected chi connectivity index (χ4v) is 3.51. The van der Waals surface area contributed by atoms with Gasteiger partial charge in [-0.25, -0.2) is 12.7 Å². The Kier molecular flexibility index (Phi) is 6.77. The Morgan fingerprint density at radius 2 is 1.73 bits per heavy atom. The Labute approximate surface area is 159 Å². The molecule has 0 aromatic heterocycles. The molecule has 1 amide bonds. The topological polar surface area (TPSA) is 78.5 Å². The average Bonchev–Trinajstić information content (AvgIpc) is 2.60. The standard InChI is InChI=1S/C18H22ClN3O3S/c1-13(16-6-4-5-7-17(16)19)20-12-18(23)21-14-8-10-15(11-9-14)26(24,25)22(2)3/h4-11,13,20H,12H2,1-3H3,(H,21,23)/t13-/m1/s1. The van der Waals surface area contributed by atoms with Gasteiger partial charge in [0.2, 0.25) is 15.9 Å². The molecule has 26 heavy (non-hydrogen) atoms. The summed E-state index contributed by atoms with van der Waals surface area (Å²) in [5, 5.41) is 6.48. The second kappa shape index (κ2) is 8.64. The van der Waals surface area contributed by atoms with Crippen molar-refractivity contribution in [3.8, 4) is 0 Å². The molecular formula is C18H22ClN3O3S. The van der Waals surface area contributed by atoms with Crippen LogP contribution in [0.4, 0.5) is 5.69 Å². The van der Waals surface area contributed by atoms with Crippen LogP contribution in [0.2, 0.25) is 5.02 Å². The van der Waals surface area contributed by atoms with Gasteiger partial charge in [-0.05, 0) is 42.8 Å². The van der Waals surface area contributed by atoms with E-state index < -0.39 is 10.0 Å². The summed E-state index contributed by atoms with van der Waals surface area (Å²) in [7, 11) is -0.544. The fourth-order valence-electron chi connectivity index (χ4n) is 2.31. The zero-order valence-corrected chi connectivity index (χ0v) is 16.4. The maximum absolute atomic E-state index is 12.1. The molecule has 1 atom stereocenters. The Bertz CT molecular complexity index is 868. The van der Waals surface area contributed by atoms with Crippen molar-refractivity contribution < 1.29 is 13.2 Å². The molecule has 8 heteroatoms. The van der Waals surface area contributed by atoms with Gasteiger partial charge in [0.15, 0.2) is 0 Å². The molecule has 0 spiro atoms. The number of halogens is 1. The van der Waals surface area contributed by atoms with Crippen LogP contribution in [0.3, 0.4) is 0 Å². The summed E-state index contributed by atoms with van der Waals surface area (Å²) in [4.78, 5) is 12.3. The van der Waals surface area contributed by atoms with E-state index in [1.165, 1.54) is 26.2 Å². The lowest BCUT2D eigenvalue weighted by Gasteiger charge is -2.15. The van der Waals surface area contributed by atoms with Crippen LogP contribution < -0.4 is 10.6 Å². The summed E-state index contributed by atoms with van der Waals surface area (Å²) in [5.74, 6) is -0.230. The van der Waals surface area contributed by atoms with Crippen LogP contribution in [0.25, 0.3) is 0 Å². The zero-order chi connectivity index (χ0) is 19.3. The number of rotatable bonds is 7. The van der Waals surface area contributed by atoms with Crippen molar-refractivity contribution in [3.63, 3.8) is 0 Å². The Morgan fingerprint density at radius 1 is 1.12 bits per heavy atom. The molecule has 0 aliphatic carbocycles. The molecule has 0 saturated carbocycles. The van der Waals surface area contributed by atoms with Gasteiger partial charge in [0.25, 0.3) is 0 Å². The first-order valence-electron chi connectivity index (χ1n) is 8.02. The first-order chi connectivity index (χ1) is 12.2. The number of anilines is 1. The van der Waals surface area contributed by atoms with E-state index in [0.29, 0.717) is 10.7 Å². The van der Waals surface area contributed by atoms with Crippen molar-refractivity contribution in [2.75, 3.05) is 26.0 Å². The predicted molar refractivity (Wildman–Crippen MR) is 104 cm³/mol. The molecule has 2 rings (SSSR count). The largest absolute Gasteiger partial charge is 0.325 e. The van der Waals surface area contributed by atoms with Crippen LogP contribution in [0.1, 0.15) is 18.5 Å². The first-order valence-corrected chi connectivity index (χ1v) is 9.84. The predicted octanol–water partition coefficient (Wildman–Crippen LogP) is 2.88. The van der Waals surface area contributed by atoms with Crippen LogP contribution in [-0.4, -0.2) is 39.3 Å². The quantitative estimate of drug-likeness (QED) is 0.755. The number of nitrogens with zero attached hydrogens (tertiary/aromatic N) is 1. The number of carbonyl (C=O) groups is 1. The molecule has 0 unspecified atom stereocenters. The molecular weight excluding hydrogens is 374 g/mol. The Balaban J connectivity index is 1.93. The average molecular weight is 396 g/mol. The third-order valence-corrected chi connectivity index (χ3v) is 6.03. The number of carbonyl (C=O) groups excluding carboxylic acids is 1. The van der Waals surface area contributed by atoms with Crippen molar-refractivity contribution in [1.82, 2.24) is 9.62 Å². The first kappa shape index (κ1) is 20.4. The minimum Gasteiger partial charge on any atom is -0.325 e. The monoisotopic (exact) mass is 395 g/mol. The highest BCUT2D eigenvalue weighted by Gasteiger charge is 2.17. The lowest BCUT2D eigenvalue weighted by atomic mass is 10.1. The van der Waals surface area contributed by atoms with E-state index in [1.807, 2.05) is 25.1 Å².